The van der Waals surface area contributed by atoms with Crippen LogP contribution < -0.4 is 5.32 Å². The van der Waals surface area contributed by atoms with Crippen molar-refractivity contribution >= 4 is 28.2 Å². The zero-order valence-electron chi connectivity index (χ0n) is 15.1. The van der Waals surface area contributed by atoms with E-state index in [-0.39, 0.29) is 6.61 Å². The van der Waals surface area contributed by atoms with Crippen LogP contribution in [-0.4, -0.2) is 23.1 Å². The van der Waals surface area contributed by atoms with E-state index in [1.807, 2.05) is 25.3 Å². The van der Waals surface area contributed by atoms with E-state index < -0.39 is 11.9 Å². The molecule has 1 aliphatic rings. The molecule has 0 saturated carbocycles. The summed E-state index contributed by atoms with van der Waals surface area (Å²) in [6.07, 6.45) is 2.89. The Kier molecular flexibility index (Phi) is 5.14. The monoisotopic (exact) mass is 371 g/mol. The van der Waals surface area contributed by atoms with Gasteiger partial charge in [-0.3, -0.25) is 4.79 Å². The fourth-order valence-electron chi connectivity index (χ4n) is 3.48. The third kappa shape index (κ3) is 3.25. The maximum absolute atomic E-state index is 12.3. The average molecular weight is 371 g/mol. The number of thiophene rings is 1. The molecule has 136 valence electrons. The Labute approximate surface area is 156 Å². The highest BCUT2D eigenvalue weighted by molar-refractivity contribution is 7.16. The van der Waals surface area contributed by atoms with Crippen LogP contribution >= 0.6 is 11.3 Å². The molecule has 0 radical (unpaired) electrons. The molecule has 0 unspecified atom stereocenters. The van der Waals surface area contributed by atoms with E-state index in [4.69, 9.17) is 4.74 Å². The number of nitrogens with one attached hydrogen (secondary N) is 1. The van der Waals surface area contributed by atoms with Crippen molar-refractivity contribution < 1.29 is 14.3 Å². The zero-order valence-corrected chi connectivity index (χ0v) is 16.0. The first-order valence-corrected chi connectivity index (χ1v) is 9.46. The van der Waals surface area contributed by atoms with Crippen LogP contribution in [0.15, 0.2) is 6.07 Å². The van der Waals surface area contributed by atoms with E-state index in [0.29, 0.717) is 16.1 Å². The summed E-state index contributed by atoms with van der Waals surface area (Å²) < 4.78 is 7.18. The summed E-state index contributed by atoms with van der Waals surface area (Å²) in [5, 5.41) is 12.6. The Morgan fingerprint density at radius 2 is 2.15 bits per heavy atom. The van der Waals surface area contributed by atoms with Crippen molar-refractivity contribution in [2.75, 3.05) is 11.9 Å². The standard InChI is InChI=1S/C19H21N3O3S/c1-4-22-11(2)8-14(12(22)3)19(24)25-10-17(23)21-18-15(9-20)13-6-5-7-16(13)26-18/h8H,4-7,10H2,1-3H3,(H,21,23). The molecular weight excluding hydrogens is 350 g/mol. The third-order valence-electron chi connectivity index (χ3n) is 4.73. The molecule has 7 heteroatoms. The molecule has 0 aliphatic heterocycles. The molecule has 2 heterocycles. The summed E-state index contributed by atoms with van der Waals surface area (Å²) in [6, 6.07) is 3.95. The number of hydrogen-bond donors (Lipinski definition) is 1. The number of carbonyl (C=O) groups excluding carboxylic acids is 2. The number of anilines is 1. The minimum absolute atomic E-state index is 0.373. The van der Waals surface area contributed by atoms with Crippen molar-refractivity contribution in [3.63, 3.8) is 0 Å². The van der Waals surface area contributed by atoms with E-state index in [0.717, 1.165) is 42.8 Å². The van der Waals surface area contributed by atoms with Crippen molar-refractivity contribution in [1.29, 1.82) is 5.26 Å². The minimum atomic E-state index is -0.512. The smallest absolute Gasteiger partial charge is 0.340 e. The first kappa shape index (κ1) is 18.2. The molecule has 1 N–H and O–H groups in total. The number of ether oxygens (including phenoxy) is 1. The second-order valence-corrected chi connectivity index (χ2v) is 7.43. The van der Waals surface area contributed by atoms with Crippen LogP contribution in [0.25, 0.3) is 0 Å². The molecule has 3 rings (SSSR count). The quantitative estimate of drug-likeness (QED) is 0.817. The van der Waals surface area contributed by atoms with Gasteiger partial charge in [-0.2, -0.15) is 5.26 Å². The van der Waals surface area contributed by atoms with Crippen molar-refractivity contribution in [1.82, 2.24) is 4.57 Å². The number of aryl methyl sites for hydroxylation is 2. The third-order valence-corrected chi connectivity index (χ3v) is 5.94. The number of aromatic nitrogens is 1. The molecule has 0 bridgehead atoms. The number of amides is 1. The van der Waals surface area contributed by atoms with E-state index >= 15 is 0 Å². The molecule has 0 spiro atoms. The van der Waals surface area contributed by atoms with Crippen LogP contribution in [0.5, 0.6) is 0 Å². The predicted molar refractivity (Wildman–Crippen MR) is 99.6 cm³/mol. The highest BCUT2D eigenvalue weighted by atomic mass is 32.1. The van der Waals surface area contributed by atoms with Crippen molar-refractivity contribution in [2.24, 2.45) is 0 Å². The summed E-state index contributed by atoms with van der Waals surface area (Å²) in [5.41, 5.74) is 3.89. The highest BCUT2D eigenvalue weighted by Gasteiger charge is 2.23. The van der Waals surface area contributed by atoms with Gasteiger partial charge in [0.25, 0.3) is 5.91 Å². The number of nitriles is 1. The lowest BCUT2D eigenvalue weighted by atomic mass is 10.1. The second kappa shape index (κ2) is 7.34. The van der Waals surface area contributed by atoms with Gasteiger partial charge in [0.05, 0.1) is 11.1 Å². The molecule has 2 aromatic rings. The molecule has 0 fully saturated rings. The average Bonchev–Trinajstić information content (AvgIpc) is 3.25. The number of nitrogens with zero attached hydrogens (tertiary/aromatic N) is 2. The van der Waals surface area contributed by atoms with Crippen LogP contribution in [0.2, 0.25) is 0 Å². The largest absolute Gasteiger partial charge is 0.452 e. The second-order valence-electron chi connectivity index (χ2n) is 6.33. The SMILES string of the molecule is CCn1c(C)cc(C(=O)OCC(=O)Nc2sc3c(c2C#N)CCC3)c1C. The Morgan fingerprint density at radius 3 is 2.81 bits per heavy atom. The lowest BCUT2D eigenvalue weighted by Gasteiger charge is -2.07. The number of esters is 1. The Bertz CT molecular complexity index is 918. The molecule has 0 aromatic carbocycles. The van der Waals surface area contributed by atoms with Gasteiger partial charge < -0.3 is 14.6 Å². The number of rotatable bonds is 5. The van der Waals surface area contributed by atoms with Crippen LogP contribution in [0.3, 0.4) is 0 Å². The predicted octanol–water partition coefficient (Wildman–Crippen LogP) is 3.34. The molecule has 26 heavy (non-hydrogen) atoms. The van der Waals surface area contributed by atoms with E-state index in [1.165, 1.54) is 16.2 Å². The molecule has 2 aromatic heterocycles. The van der Waals surface area contributed by atoms with E-state index in [1.54, 1.807) is 6.07 Å². The molecule has 0 atom stereocenters. The first-order chi connectivity index (χ1) is 12.5. The Morgan fingerprint density at radius 1 is 1.38 bits per heavy atom. The van der Waals surface area contributed by atoms with Gasteiger partial charge in [-0.05, 0) is 51.7 Å². The van der Waals surface area contributed by atoms with Gasteiger partial charge in [0.2, 0.25) is 0 Å². The number of hydrogen-bond acceptors (Lipinski definition) is 5. The first-order valence-electron chi connectivity index (χ1n) is 8.64. The molecule has 6 nitrogen and oxygen atoms in total. The highest BCUT2D eigenvalue weighted by Crippen LogP contribution is 2.38. The molecule has 0 saturated heterocycles. The van der Waals surface area contributed by atoms with Gasteiger partial charge in [-0.15, -0.1) is 11.3 Å². The summed E-state index contributed by atoms with van der Waals surface area (Å²) in [7, 11) is 0. The van der Waals surface area contributed by atoms with Crippen molar-refractivity contribution in [2.45, 2.75) is 46.6 Å². The summed E-state index contributed by atoms with van der Waals surface area (Å²) >= 11 is 1.44. The normalized spacial score (nSPS) is 12.5. The summed E-state index contributed by atoms with van der Waals surface area (Å²) in [6.45, 7) is 6.19. The van der Waals surface area contributed by atoms with Crippen LogP contribution in [0.4, 0.5) is 5.00 Å². The van der Waals surface area contributed by atoms with Gasteiger partial charge >= 0.3 is 5.97 Å². The van der Waals surface area contributed by atoms with Gasteiger partial charge in [0.1, 0.15) is 11.1 Å². The maximum atomic E-state index is 12.3. The number of carbonyl (C=O) groups is 2. The van der Waals surface area contributed by atoms with E-state index in [2.05, 4.69) is 11.4 Å². The lowest BCUT2D eigenvalue weighted by molar-refractivity contribution is -0.119. The van der Waals surface area contributed by atoms with Crippen LogP contribution in [-0.2, 0) is 28.9 Å². The summed E-state index contributed by atoms with van der Waals surface area (Å²) in [4.78, 5) is 25.6. The summed E-state index contributed by atoms with van der Waals surface area (Å²) in [5.74, 6) is -0.943. The fraction of sp³-hybridized carbons (Fsp3) is 0.421. The number of fused-ring (bicyclic) bond motifs is 1. The van der Waals surface area contributed by atoms with Crippen LogP contribution in [0, 0.1) is 25.2 Å². The molecule has 1 amide bonds. The van der Waals surface area contributed by atoms with Crippen molar-refractivity contribution in [3.8, 4) is 6.07 Å². The minimum Gasteiger partial charge on any atom is -0.452 e. The van der Waals surface area contributed by atoms with E-state index in [9.17, 15) is 14.9 Å². The molecular formula is C19H21N3O3S. The molecule has 1 aliphatic carbocycles. The maximum Gasteiger partial charge on any atom is 0.340 e. The zero-order chi connectivity index (χ0) is 18.8. The van der Waals surface area contributed by atoms with Gasteiger partial charge in [0.15, 0.2) is 6.61 Å². The Balaban J connectivity index is 1.63. The van der Waals surface area contributed by atoms with Gasteiger partial charge in [0, 0.05) is 22.8 Å². The van der Waals surface area contributed by atoms with Crippen molar-refractivity contribution in [3.05, 3.63) is 39.0 Å². The van der Waals surface area contributed by atoms with Gasteiger partial charge in [-0.1, -0.05) is 0 Å². The fourth-order valence-corrected chi connectivity index (χ4v) is 4.73. The Hall–Kier alpha value is -2.59. The lowest BCUT2D eigenvalue weighted by Crippen LogP contribution is -2.21. The van der Waals surface area contributed by atoms with Crippen LogP contribution in [0.1, 0.15) is 51.1 Å². The topological polar surface area (TPSA) is 84.1 Å². The van der Waals surface area contributed by atoms with Gasteiger partial charge in [-0.25, -0.2) is 4.79 Å².